The van der Waals surface area contributed by atoms with Crippen molar-refractivity contribution in [3.05, 3.63) is 58.0 Å². The van der Waals surface area contributed by atoms with Crippen LogP contribution in [0.3, 0.4) is 0 Å². The summed E-state index contributed by atoms with van der Waals surface area (Å²) >= 11 is 1.67. The lowest BCUT2D eigenvalue weighted by Crippen LogP contribution is -2.43. The number of carbonyl (C=O) groups is 1. The van der Waals surface area contributed by atoms with Gasteiger partial charge in [0.1, 0.15) is 5.82 Å². The maximum absolute atomic E-state index is 13.1. The van der Waals surface area contributed by atoms with E-state index in [-0.39, 0.29) is 17.8 Å². The van der Waals surface area contributed by atoms with Crippen LogP contribution in [0, 0.1) is 5.82 Å². The van der Waals surface area contributed by atoms with Gasteiger partial charge in [-0.05, 0) is 35.6 Å². The molecule has 0 aliphatic carbocycles. The Morgan fingerprint density at radius 2 is 2.14 bits per heavy atom. The van der Waals surface area contributed by atoms with Crippen molar-refractivity contribution in [2.24, 2.45) is 0 Å². The zero-order valence-corrected chi connectivity index (χ0v) is 13.0. The maximum atomic E-state index is 13.1. The number of halogens is 1. The largest absolute Gasteiger partial charge is 0.377 e. The molecule has 3 rings (SSSR count). The minimum atomic E-state index is -0.268. The summed E-state index contributed by atoms with van der Waals surface area (Å²) in [6.45, 7) is 1.62. The summed E-state index contributed by atoms with van der Waals surface area (Å²) < 4.78 is 18.6. The molecule has 1 fully saturated rings. The van der Waals surface area contributed by atoms with Gasteiger partial charge in [-0.2, -0.15) is 0 Å². The fraction of sp³-hybridized carbons (Fsp3) is 0.353. The molecule has 1 unspecified atom stereocenters. The number of thiophene rings is 1. The van der Waals surface area contributed by atoms with Crippen LogP contribution in [-0.2, 0) is 16.0 Å². The maximum Gasteiger partial charge on any atom is 0.223 e. The smallest absolute Gasteiger partial charge is 0.223 e. The second kappa shape index (κ2) is 7.03. The van der Waals surface area contributed by atoms with Crippen molar-refractivity contribution in [3.63, 3.8) is 0 Å². The number of aryl methyl sites for hydroxylation is 1. The summed E-state index contributed by atoms with van der Waals surface area (Å²) in [5.41, 5.74) is 0.922. The number of carbonyl (C=O) groups excluding carboxylic acids is 1. The first-order valence-corrected chi connectivity index (χ1v) is 8.27. The van der Waals surface area contributed by atoms with Crippen LogP contribution < -0.4 is 0 Å². The van der Waals surface area contributed by atoms with E-state index in [1.54, 1.807) is 23.5 Å². The van der Waals surface area contributed by atoms with Gasteiger partial charge >= 0.3 is 0 Å². The lowest BCUT2D eigenvalue weighted by molar-refractivity contribution is -0.140. The highest BCUT2D eigenvalue weighted by Gasteiger charge is 2.28. The van der Waals surface area contributed by atoms with E-state index >= 15 is 0 Å². The van der Waals surface area contributed by atoms with E-state index in [4.69, 9.17) is 4.74 Å². The highest BCUT2D eigenvalue weighted by atomic mass is 32.1. The average molecular weight is 319 g/mol. The SMILES string of the molecule is O=C(CCc1cccs1)N1CCOCC1c1ccc(F)cc1. The molecule has 0 radical (unpaired) electrons. The highest BCUT2D eigenvalue weighted by Crippen LogP contribution is 2.25. The molecule has 5 heteroatoms. The number of hydrogen-bond donors (Lipinski definition) is 0. The summed E-state index contributed by atoms with van der Waals surface area (Å²) in [6, 6.07) is 10.2. The van der Waals surface area contributed by atoms with Gasteiger partial charge in [-0.15, -0.1) is 11.3 Å². The third-order valence-electron chi connectivity index (χ3n) is 3.87. The molecule has 116 valence electrons. The number of rotatable bonds is 4. The van der Waals surface area contributed by atoms with Crippen LogP contribution in [0.4, 0.5) is 4.39 Å². The van der Waals surface area contributed by atoms with E-state index < -0.39 is 0 Å². The van der Waals surface area contributed by atoms with E-state index in [0.717, 1.165) is 12.0 Å². The van der Waals surface area contributed by atoms with E-state index in [0.29, 0.717) is 26.2 Å². The fourth-order valence-electron chi connectivity index (χ4n) is 2.69. The minimum Gasteiger partial charge on any atom is -0.377 e. The molecule has 1 saturated heterocycles. The van der Waals surface area contributed by atoms with Crippen LogP contribution in [0.1, 0.15) is 22.9 Å². The molecule has 1 amide bonds. The Bertz CT molecular complexity index is 612. The first kappa shape index (κ1) is 15.2. The highest BCUT2D eigenvalue weighted by molar-refractivity contribution is 7.09. The molecule has 0 spiro atoms. The van der Waals surface area contributed by atoms with Crippen LogP contribution in [-0.4, -0.2) is 30.6 Å². The summed E-state index contributed by atoms with van der Waals surface area (Å²) in [4.78, 5) is 15.6. The van der Waals surface area contributed by atoms with Gasteiger partial charge in [-0.1, -0.05) is 18.2 Å². The Labute approximate surface area is 133 Å². The number of nitrogens with zero attached hydrogens (tertiary/aromatic N) is 1. The Hall–Kier alpha value is -1.72. The summed E-state index contributed by atoms with van der Waals surface area (Å²) in [5, 5.41) is 2.02. The summed E-state index contributed by atoms with van der Waals surface area (Å²) in [6.07, 6.45) is 1.27. The van der Waals surface area contributed by atoms with Crippen LogP contribution in [0.15, 0.2) is 41.8 Å². The predicted molar refractivity (Wildman–Crippen MR) is 84.3 cm³/mol. The lowest BCUT2D eigenvalue weighted by Gasteiger charge is -2.36. The van der Waals surface area contributed by atoms with Crippen molar-refractivity contribution in [1.29, 1.82) is 0 Å². The van der Waals surface area contributed by atoms with Gasteiger partial charge in [0.2, 0.25) is 5.91 Å². The second-order valence-corrected chi connectivity index (χ2v) is 6.34. The van der Waals surface area contributed by atoms with E-state index in [1.807, 2.05) is 16.3 Å². The topological polar surface area (TPSA) is 29.5 Å². The van der Waals surface area contributed by atoms with Gasteiger partial charge in [0, 0.05) is 17.8 Å². The molecule has 0 N–H and O–H groups in total. The van der Waals surface area contributed by atoms with E-state index in [9.17, 15) is 9.18 Å². The standard InChI is InChI=1S/C17H18FNO2S/c18-14-5-3-13(4-6-14)16-12-21-10-9-19(16)17(20)8-7-15-2-1-11-22-15/h1-6,11,16H,7-10,12H2. The zero-order valence-electron chi connectivity index (χ0n) is 12.2. The molecule has 2 aromatic rings. The van der Waals surface area contributed by atoms with Crippen LogP contribution in [0.25, 0.3) is 0 Å². The zero-order chi connectivity index (χ0) is 15.4. The molecule has 0 saturated carbocycles. The molecule has 2 heterocycles. The lowest BCUT2D eigenvalue weighted by atomic mass is 10.0. The van der Waals surface area contributed by atoms with Crippen LogP contribution >= 0.6 is 11.3 Å². The molecule has 0 bridgehead atoms. The monoisotopic (exact) mass is 319 g/mol. The third kappa shape index (κ3) is 3.54. The van der Waals surface area contributed by atoms with Gasteiger partial charge in [0.05, 0.1) is 19.3 Å². The van der Waals surface area contributed by atoms with Crippen molar-refractivity contribution in [3.8, 4) is 0 Å². The van der Waals surface area contributed by atoms with Gasteiger partial charge in [0.25, 0.3) is 0 Å². The number of benzene rings is 1. The van der Waals surface area contributed by atoms with Gasteiger partial charge in [-0.25, -0.2) is 4.39 Å². The van der Waals surface area contributed by atoms with E-state index in [2.05, 4.69) is 6.07 Å². The molecule has 1 aromatic heterocycles. The van der Waals surface area contributed by atoms with Crippen LogP contribution in [0.5, 0.6) is 0 Å². The Kier molecular flexibility index (Phi) is 4.85. The van der Waals surface area contributed by atoms with Crippen LogP contribution in [0.2, 0.25) is 0 Å². The normalized spacial score (nSPS) is 18.4. The molecule has 1 aromatic carbocycles. The number of hydrogen-bond acceptors (Lipinski definition) is 3. The fourth-order valence-corrected chi connectivity index (χ4v) is 3.40. The predicted octanol–water partition coefficient (Wildman–Crippen LogP) is 3.42. The Morgan fingerprint density at radius 3 is 2.86 bits per heavy atom. The second-order valence-electron chi connectivity index (χ2n) is 5.31. The van der Waals surface area contributed by atoms with Crippen molar-refractivity contribution in [2.45, 2.75) is 18.9 Å². The first-order chi connectivity index (χ1) is 10.7. The number of amides is 1. The molecule has 22 heavy (non-hydrogen) atoms. The first-order valence-electron chi connectivity index (χ1n) is 7.39. The summed E-state index contributed by atoms with van der Waals surface area (Å²) in [5.74, 6) is -0.137. The number of morpholine rings is 1. The number of ether oxygens (including phenoxy) is 1. The molecule has 1 atom stereocenters. The third-order valence-corrected chi connectivity index (χ3v) is 4.81. The molecule has 3 nitrogen and oxygen atoms in total. The Morgan fingerprint density at radius 1 is 1.32 bits per heavy atom. The van der Waals surface area contributed by atoms with Gasteiger partial charge in [0.15, 0.2) is 0 Å². The minimum absolute atomic E-state index is 0.120. The quantitative estimate of drug-likeness (QED) is 0.864. The summed E-state index contributed by atoms with van der Waals surface area (Å²) in [7, 11) is 0. The average Bonchev–Trinajstić information content (AvgIpc) is 3.07. The van der Waals surface area contributed by atoms with Crippen molar-refractivity contribution < 1.29 is 13.9 Å². The molecular formula is C17H18FNO2S. The Balaban J connectivity index is 1.68. The molecule has 1 aliphatic rings. The van der Waals surface area contributed by atoms with Gasteiger partial charge < -0.3 is 9.64 Å². The van der Waals surface area contributed by atoms with E-state index in [1.165, 1.54) is 17.0 Å². The van der Waals surface area contributed by atoms with Crippen molar-refractivity contribution in [1.82, 2.24) is 4.90 Å². The van der Waals surface area contributed by atoms with Crippen molar-refractivity contribution >= 4 is 17.2 Å². The van der Waals surface area contributed by atoms with Gasteiger partial charge in [-0.3, -0.25) is 4.79 Å². The molecule has 1 aliphatic heterocycles. The molecular weight excluding hydrogens is 301 g/mol. The van der Waals surface area contributed by atoms with Crippen molar-refractivity contribution in [2.75, 3.05) is 19.8 Å².